The molecular weight excluding hydrogens is 338 g/mol. The van der Waals surface area contributed by atoms with Gasteiger partial charge in [-0.15, -0.1) is 0 Å². The lowest BCUT2D eigenvalue weighted by atomic mass is 10.1. The van der Waals surface area contributed by atoms with Crippen molar-refractivity contribution < 1.29 is 9.90 Å². The Morgan fingerprint density at radius 1 is 1.00 bits per heavy atom. The van der Waals surface area contributed by atoms with Crippen molar-refractivity contribution in [1.29, 1.82) is 0 Å². The van der Waals surface area contributed by atoms with E-state index >= 15 is 0 Å². The monoisotopic (exact) mass is 349 g/mol. The molecule has 0 aliphatic heterocycles. The number of nitrogens with zero attached hydrogens (tertiary/aromatic N) is 3. The van der Waals surface area contributed by atoms with E-state index in [1.54, 1.807) is 24.3 Å². The molecule has 0 unspecified atom stereocenters. The van der Waals surface area contributed by atoms with Crippen molar-refractivity contribution in [2.24, 2.45) is 0 Å². The molecule has 2 aromatic heterocycles. The Hall–Kier alpha value is -3.18. The lowest BCUT2D eigenvalue weighted by molar-refractivity contribution is 0.0697. The third kappa shape index (κ3) is 2.64. The van der Waals surface area contributed by atoms with Crippen LogP contribution in [0.3, 0.4) is 0 Å². The molecule has 25 heavy (non-hydrogen) atoms. The minimum atomic E-state index is -0.959. The number of aromatic carboxylic acids is 1. The average Bonchev–Trinajstić information content (AvgIpc) is 3.03. The summed E-state index contributed by atoms with van der Waals surface area (Å²) in [7, 11) is 0. The minimum absolute atomic E-state index is 0.233. The van der Waals surface area contributed by atoms with Crippen LogP contribution in [-0.2, 0) is 0 Å². The molecule has 5 nitrogen and oxygen atoms in total. The van der Waals surface area contributed by atoms with Crippen molar-refractivity contribution in [3.05, 3.63) is 77.8 Å². The number of benzene rings is 2. The largest absolute Gasteiger partial charge is 0.478 e. The zero-order valence-electron chi connectivity index (χ0n) is 12.9. The smallest absolute Gasteiger partial charge is 0.335 e. The van der Waals surface area contributed by atoms with Crippen LogP contribution < -0.4 is 0 Å². The molecule has 4 aromatic rings. The predicted octanol–water partition coefficient (Wildman–Crippen LogP) is 4.44. The van der Waals surface area contributed by atoms with Crippen molar-refractivity contribution in [3.63, 3.8) is 0 Å². The summed E-state index contributed by atoms with van der Waals surface area (Å²) in [5, 5.41) is 10.2. The van der Waals surface area contributed by atoms with Crippen LogP contribution in [0, 0.1) is 0 Å². The molecule has 0 bridgehead atoms. The summed E-state index contributed by atoms with van der Waals surface area (Å²) in [5.41, 5.74) is 3.62. The lowest BCUT2D eigenvalue weighted by Gasteiger charge is -2.05. The van der Waals surface area contributed by atoms with Crippen molar-refractivity contribution in [3.8, 4) is 16.8 Å². The van der Waals surface area contributed by atoms with Crippen LogP contribution in [0.15, 0.2) is 67.1 Å². The van der Waals surface area contributed by atoms with Gasteiger partial charge >= 0.3 is 5.97 Å². The first-order chi connectivity index (χ1) is 12.1. The average molecular weight is 350 g/mol. The number of halogens is 1. The highest BCUT2D eigenvalue weighted by Gasteiger charge is 2.16. The number of carboxylic acid groups (broad SMARTS) is 1. The SMILES string of the molecule is O=C(O)c1ccc(-n2cc(-c3ccccc3)c3c(Cl)ncnc32)cc1. The Labute approximate surface area is 148 Å². The molecule has 0 spiro atoms. The van der Waals surface area contributed by atoms with Gasteiger partial charge in [-0.25, -0.2) is 14.8 Å². The van der Waals surface area contributed by atoms with Gasteiger partial charge < -0.3 is 9.67 Å². The summed E-state index contributed by atoms with van der Waals surface area (Å²) in [6.07, 6.45) is 3.36. The summed E-state index contributed by atoms with van der Waals surface area (Å²) >= 11 is 6.34. The number of carbonyl (C=O) groups is 1. The second kappa shape index (κ2) is 6.03. The van der Waals surface area contributed by atoms with Crippen LogP contribution in [0.4, 0.5) is 0 Å². The summed E-state index contributed by atoms with van der Waals surface area (Å²) in [6.45, 7) is 0. The first kappa shape index (κ1) is 15.4. The standard InChI is InChI=1S/C19H12ClN3O2/c20-17-16-15(12-4-2-1-3-5-12)10-23(18(16)22-11-21-17)14-8-6-13(7-9-14)19(24)25/h1-11H,(H,24,25). The van der Waals surface area contributed by atoms with Gasteiger partial charge in [0.05, 0.1) is 10.9 Å². The molecule has 2 aromatic carbocycles. The van der Waals surface area contributed by atoms with Crippen LogP contribution in [-0.4, -0.2) is 25.6 Å². The van der Waals surface area contributed by atoms with Gasteiger partial charge in [-0.2, -0.15) is 0 Å². The Bertz CT molecular complexity index is 1070. The summed E-state index contributed by atoms with van der Waals surface area (Å²) < 4.78 is 1.89. The summed E-state index contributed by atoms with van der Waals surface area (Å²) in [4.78, 5) is 19.5. The van der Waals surface area contributed by atoms with Gasteiger partial charge in [-0.05, 0) is 29.8 Å². The third-order valence-corrected chi connectivity index (χ3v) is 4.30. The number of carboxylic acids is 1. The number of aromatic nitrogens is 3. The molecule has 4 rings (SSSR count). The van der Waals surface area contributed by atoms with Crippen molar-refractivity contribution in [2.75, 3.05) is 0 Å². The van der Waals surface area contributed by atoms with E-state index in [2.05, 4.69) is 9.97 Å². The fraction of sp³-hybridized carbons (Fsp3) is 0. The summed E-state index contributed by atoms with van der Waals surface area (Å²) in [5.74, 6) is -0.959. The van der Waals surface area contributed by atoms with Crippen LogP contribution in [0.2, 0.25) is 5.15 Å². The Morgan fingerprint density at radius 2 is 1.72 bits per heavy atom. The molecule has 122 valence electrons. The van der Waals surface area contributed by atoms with E-state index in [0.29, 0.717) is 10.8 Å². The second-order valence-corrected chi connectivity index (χ2v) is 5.85. The van der Waals surface area contributed by atoms with Gasteiger partial charge in [-0.1, -0.05) is 41.9 Å². The molecule has 0 fully saturated rings. The third-order valence-electron chi connectivity index (χ3n) is 4.01. The molecule has 0 amide bonds. The fourth-order valence-corrected chi connectivity index (χ4v) is 3.05. The molecular formula is C19H12ClN3O2. The van der Waals surface area contributed by atoms with Gasteiger partial charge in [0.15, 0.2) is 0 Å². The van der Waals surface area contributed by atoms with Gasteiger partial charge in [0.2, 0.25) is 0 Å². The summed E-state index contributed by atoms with van der Waals surface area (Å²) in [6, 6.07) is 16.5. The second-order valence-electron chi connectivity index (χ2n) is 5.49. The normalized spacial score (nSPS) is 10.9. The Balaban J connectivity index is 1.96. The maximum absolute atomic E-state index is 11.1. The van der Waals surface area contributed by atoms with E-state index in [4.69, 9.17) is 16.7 Å². The zero-order chi connectivity index (χ0) is 17.4. The van der Waals surface area contributed by atoms with Gasteiger partial charge in [0, 0.05) is 17.4 Å². The topological polar surface area (TPSA) is 68.0 Å². The first-order valence-corrected chi connectivity index (χ1v) is 7.93. The fourth-order valence-electron chi connectivity index (χ4n) is 2.82. The maximum atomic E-state index is 11.1. The van der Waals surface area contributed by atoms with Crippen molar-refractivity contribution >= 4 is 28.6 Å². The van der Waals surface area contributed by atoms with E-state index in [1.807, 2.05) is 41.1 Å². The highest BCUT2D eigenvalue weighted by Crippen LogP contribution is 2.34. The van der Waals surface area contributed by atoms with Gasteiger partial charge in [0.1, 0.15) is 17.1 Å². The van der Waals surface area contributed by atoms with Crippen molar-refractivity contribution in [1.82, 2.24) is 14.5 Å². The molecule has 0 saturated heterocycles. The van der Waals surface area contributed by atoms with Crippen LogP contribution in [0.1, 0.15) is 10.4 Å². The highest BCUT2D eigenvalue weighted by molar-refractivity contribution is 6.35. The van der Waals surface area contributed by atoms with Crippen LogP contribution in [0.5, 0.6) is 0 Å². The van der Waals surface area contributed by atoms with Crippen LogP contribution >= 0.6 is 11.6 Å². The molecule has 0 aliphatic rings. The van der Waals surface area contributed by atoms with Crippen molar-refractivity contribution in [2.45, 2.75) is 0 Å². The quantitative estimate of drug-likeness (QED) is 0.555. The molecule has 0 saturated carbocycles. The molecule has 6 heteroatoms. The van der Waals surface area contributed by atoms with Crippen LogP contribution in [0.25, 0.3) is 27.8 Å². The van der Waals surface area contributed by atoms with E-state index in [1.165, 1.54) is 6.33 Å². The molecule has 2 heterocycles. The highest BCUT2D eigenvalue weighted by atomic mass is 35.5. The number of hydrogen-bond donors (Lipinski definition) is 1. The molecule has 1 N–H and O–H groups in total. The van der Waals surface area contributed by atoms with E-state index < -0.39 is 5.97 Å². The molecule has 0 aliphatic carbocycles. The Morgan fingerprint density at radius 3 is 2.40 bits per heavy atom. The van der Waals surface area contributed by atoms with Gasteiger partial charge in [-0.3, -0.25) is 0 Å². The maximum Gasteiger partial charge on any atom is 0.335 e. The first-order valence-electron chi connectivity index (χ1n) is 7.56. The molecule has 0 atom stereocenters. The lowest BCUT2D eigenvalue weighted by Crippen LogP contribution is -1.98. The molecule has 0 radical (unpaired) electrons. The number of fused-ring (bicyclic) bond motifs is 1. The number of rotatable bonds is 3. The zero-order valence-corrected chi connectivity index (χ0v) is 13.7. The number of hydrogen-bond acceptors (Lipinski definition) is 3. The van der Waals surface area contributed by atoms with Gasteiger partial charge in [0.25, 0.3) is 0 Å². The van der Waals surface area contributed by atoms with E-state index in [0.717, 1.165) is 22.2 Å². The predicted molar refractivity (Wildman–Crippen MR) is 96.3 cm³/mol. The Kier molecular flexibility index (Phi) is 3.71. The minimum Gasteiger partial charge on any atom is -0.478 e. The van der Waals surface area contributed by atoms with E-state index in [-0.39, 0.29) is 5.56 Å². The van der Waals surface area contributed by atoms with E-state index in [9.17, 15) is 4.79 Å².